The molecule has 1 fully saturated rings. The van der Waals surface area contributed by atoms with E-state index in [2.05, 4.69) is 20.6 Å². The average molecular weight is 300 g/mol. The monoisotopic (exact) mass is 300 g/mol. The van der Waals surface area contributed by atoms with Crippen LogP contribution in [0.25, 0.3) is 0 Å². The highest BCUT2D eigenvalue weighted by Gasteiger charge is 2.28. The minimum Gasteiger partial charge on any atom is -0.374 e. The molecular formula is C14H22F2N4O. The van der Waals surface area contributed by atoms with Crippen LogP contribution in [0.2, 0.25) is 0 Å². The number of anilines is 2. The second-order valence-electron chi connectivity index (χ2n) is 5.10. The first kappa shape index (κ1) is 15.9. The van der Waals surface area contributed by atoms with E-state index in [-0.39, 0.29) is 6.61 Å². The van der Waals surface area contributed by atoms with Gasteiger partial charge in [-0.1, -0.05) is 0 Å². The molecule has 0 spiro atoms. The summed E-state index contributed by atoms with van der Waals surface area (Å²) in [7, 11) is 0. The summed E-state index contributed by atoms with van der Waals surface area (Å²) in [6, 6.07) is 0. The maximum Gasteiger partial charge on any atom is 0.261 e. The van der Waals surface area contributed by atoms with Gasteiger partial charge < -0.3 is 15.4 Å². The normalized spacial score (nSPS) is 14.5. The molecule has 1 aromatic heterocycles. The van der Waals surface area contributed by atoms with Crippen LogP contribution in [0.5, 0.6) is 0 Å². The molecule has 7 heteroatoms. The van der Waals surface area contributed by atoms with Gasteiger partial charge in [0, 0.05) is 24.6 Å². The molecule has 0 aromatic carbocycles. The molecule has 1 heterocycles. The Bertz CT molecular complexity index is 467. The second kappa shape index (κ2) is 7.49. The summed E-state index contributed by atoms with van der Waals surface area (Å²) >= 11 is 0. The first-order valence-electron chi connectivity index (χ1n) is 7.34. The number of halogens is 2. The number of hydrogen-bond acceptors (Lipinski definition) is 5. The van der Waals surface area contributed by atoms with Gasteiger partial charge in [-0.25, -0.2) is 18.7 Å². The van der Waals surface area contributed by atoms with E-state index in [4.69, 9.17) is 4.74 Å². The number of ether oxygens (including phenoxy) is 1. The Balaban J connectivity index is 1.96. The van der Waals surface area contributed by atoms with Crippen molar-refractivity contribution in [2.24, 2.45) is 0 Å². The van der Waals surface area contributed by atoms with Gasteiger partial charge in [-0.3, -0.25) is 0 Å². The van der Waals surface area contributed by atoms with Gasteiger partial charge in [0.25, 0.3) is 6.43 Å². The predicted molar refractivity (Wildman–Crippen MR) is 78.2 cm³/mol. The third-order valence-corrected chi connectivity index (χ3v) is 3.23. The summed E-state index contributed by atoms with van der Waals surface area (Å²) in [5, 5.41) is 6.38. The maximum absolute atomic E-state index is 12.0. The van der Waals surface area contributed by atoms with E-state index in [9.17, 15) is 8.78 Å². The van der Waals surface area contributed by atoms with Crippen molar-refractivity contribution in [2.45, 2.75) is 39.0 Å². The maximum atomic E-state index is 12.0. The van der Waals surface area contributed by atoms with Gasteiger partial charge in [-0.2, -0.15) is 0 Å². The highest BCUT2D eigenvalue weighted by molar-refractivity contribution is 5.57. The molecule has 1 saturated carbocycles. The van der Waals surface area contributed by atoms with Gasteiger partial charge in [0.2, 0.25) is 0 Å². The fourth-order valence-electron chi connectivity index (χ4n) is 1.98. The van der Waals surface area contributed by atoms with Crippen LogP contribution in [0.15, 0.2) is 0 Å². The minimum atomic E-state index is -2.42. The van der Waals surface area contributed by atoms with Crippen LogP contribution in [-0.4, -0.2) is 42.7 Å². The van der Waals surface area contributed by atoms with Crippen molar-refractivity contribution in [2.75, 3.05) is 36.9 Å². The van der Waals surface area contributed by atoms with Crippen LogP contribution in [0.4, 0.5) is 20.4 Å². The van der Waals surface area contributed by atoms with Crippen LogP contribution in [0.3, 0.4) is 0 Å². The van der Waals surface area contributed by atoms with Crippen LogP contribution in [0, 0.1) is 6.92 Å². The summed E-state index contributed by atoms with van der Waals surface area (Å²) in [4.78, 5) is 9.10. The SMILES string of the molecule is CCNc1nc(C2CC2)nc(NCCOCC(F)F)c1C. The van der Waals surface area contributed by atoms with Crippen molar-refractivity contribution < 1.29 is 13.5 Å². The quantitative estimate of drug-likeness (QED) is 0.687. The average Bonchev–Trinajstić information content (AvgIpc) is 3.26. The third kappa shape index (κ3) is 4.77. The molecule has 1 aliphatic rings. The summed E-state index contributed by atoms with van der Waals surface area (Å²) < 4.78 is 28.8. The minimum absolute atomic E-state index is 0.225. The first-order valence-corrected chi connectivity index (χ1v) is 7.34. The van der Waals surface area contributed by atoms with Crippen molar-refractivity contribution in [3.05, 3.63) is 11.4 Å². The number of aromatic nitrogens is 2. The van der Waals surface area contributed by atoms with Crippen molar-refractivity contribution in [3.63, 3.8) is 0 Å². The molecule has 1 aliphatic carbocycles. The highest BCUT2D eigenvalue weighted by Crippen LogP contribution is 2.39. The standard InChI is InChI=1S/C14H22F2N4O/c1-3-17-12-9(2)13(18-6-7-21-8-11(15)16)20-14(19-12)10-4-5-10/h10-11H,3-8H2,1-2H3,(H2,17,18,19,20). The topological polar surface area (TPSA) is 59.1 Å². The highest BCUT2D eigenvalue weighted by atomic mass is 19.3. The Hall–Kier alpha value is -1.50. The summed E-state index contributed by atoms with van der Waals surface area (Å²) in [6.45, 7) is 4.89. The van der Waals surface area contributed by atoms with Crippen LogP contribution in [0.1, 0.15) is 37.1 Å². The molecule has 2 rings (SSSR count). The van der Waals surface area contributed by atoms with Gasteiger partial charge in [0.15, 0.2) is 0 Å². The van der Waals surface area contributed by atoms with E-state index < -0.39 is 13.0 Å². The largest absolute Gasteiger partial charge is 0.374 e. The molecule has 118 valence electrons. The fraction of sp³-hybridized carbons (Fsp3) is 0.714. The number of nitrogens with zero attached hydrogens (tertiary/aromatic N) is 2. The molecule has 0 saturated heterocycles. The van der Waals surface area contributed by atoms with Crippen LogP contribution >= 0.6 is 0 Å². The molecule has 0 radical (unpaired) electrons. The van der Waals surface area contributed by atoms with Crippen LogP contribution in [-0.2, 0) is 4.74 Å². The Morgan fingerprint density at radius 3 is 2.48 bits per heavy atom. The predicted octanol–water partition coefficient (Wildman–Crippen LogP) is 2.79. The van der Waals surface area contributed by atoms with Gasteiger partial charge in [-0.15, -0.1) is 0 Å². The van der Waals surface area contributed by atoms with Crippen molar-refractivity contribution in [1.82, 2.24) is 9.97 Å². The molecule has 0 bridgehead atoms. The number of hydrogen-bond donors (Lipinski definition) is 2. The van der Waals surface area contributed by atoms with Crippen molar-refractivity contribution in [1.29, 1.82) is 0 Å². The van der Waals surface area contributed by atoms with Gasteiger partial charge >= 0.3 is 0 Å². The smallest absolute Gasteiger partial charge is 0.261 e. The van der Waals surface area contributed by atoms with Crippen molar-refractivity contribution >= 4 is 11.6 Å². The van der Waals surface area contributed by atoms with Gasteiger partial charge in [0.05, 0.1) is 6.61 Å². The number of rotatable bonds is 9. The first-order chi connectivity index (χ1) is 10.1. The molecule has 0 atom stereocenters. The second-order valence-corrected chi connectivity index (χ2v) is 5.10. The summed E-state index contributed by atoms with van der Waals surface area (Å²) in [5.74, 6) is 2.90. The molecule has 0 aliphatic heterocycles. The van der Waals surface area contributed by atoms with E-state index in [1.54, 1.807) is 0 Å². The lowest BCUT2D eigenvalue weighted by molar-refractivity contribution is 0.0214. The third-order valence-electron chi connectivity index (χ3n) is 3.23. The Morgan fingerprint density at radius 1 is 1.24 bits per heavy atom. The van der Waals surface area contributed by atoms with Gasteiger partial charge in [0.1, 0.15) is 24.1 Å². The lowest BCUT2D eigenvalue weighted by Crippen LogP contribution is -2.16. The summed E-state index contributed by atoms with van der Waals surface area (Å²) in [6.07, 6.45) is -0.162. The molecule has 21 heavy (non-hydrogen) atoms. The lowest BCUT2D eigenvalue weighted by Gasteiger charge is -2.14. The van der Waals surface area contributed by atoms with E-state index in [1.807, 2.05) is 13.8 Å². The Labute approximate surface area is 123 Å². The fourth-order valence-corrected chi connectivity index (χ4v) is 1.98. The zero-order chi connectivity index (χ0) is 15.2. The zero-order valence-electron chi connectivity index (χ0n) is 12.5. The summed E-state index contributed by atoms with van der Waals surface area (Å²) in [5.41, 5.74) is 0.940. The molecular weight excluding hydrogens is 278 g/mol. The lowest BCUT2D eigenvalue weighted by atomic mass is 10.2. The van der Waals surface area contributed by atoms with Crippen LogP contribution < -0.4 is 10.6 Å². The number of nitrogens with one attached hydrogen (secondary N) is 2. The van der Waals surface area contributed by atoms with E-state index in [1.165, 1.54) is 0 Å². The number of alkyl halides is 2. The van der Waals surface area contributed by atoms with E-state index in [0.29, 0.717) is 12.5 Å². The molecule has 5 nitrogen and oxygen atoms in total. The molecule has 0 amide bonds. The Kier molecular flexibility index (Phi) is 5.67. The van der Waals surface area contributed by atoms with E-state index >= 15 is 0 Å². The molecule has 1 aromatic rings. The zero-order valence-corrected chi connectivity index (χ0v) is 12.5. The molecule has 2 N–H and O–H groups in total. The Morgan fingerprint density at radius 2 is 1.90 bits per heavy atom. The van der Waals surface area contributed by atoms with E-state index in [0.717, 1.165) is 42.4 Å². The molecule has 0 unspecified atom stereocenters. The van der Waals surface area contributed by atoms with Gasteiger partial charge in [-0.05, 0) is 26.7 Å². The van der Waals surface area contributed by atoms with Crippen molar-refractivity contribution in [3.8, 4) is 0 Å².